The predicted octanol–water partition coefficient (Wildman–Crippen LogP) is 8.69. The predicted molar refractivity (Wildman–Crippen MR) is 170 cm³/mol. The maximum absolute atomic E-state index is 13.9. The summed E-state index contributed by atoms with van der Waals surface area (Å²) in [7, 11) is 0. The van der Waals surface area contributed by atoms with Gasteiger partial charge in [-0.05, 0) is 116 Å². The summed E-state index contributed by atoms with van der Waals surface area (Å²) >= 11 is 0. The molecule has 1 N–H and O–H groups in total. The zero-order valence-electron chi connectivity index (χ0n) is 27.0. The summed E-state index contributed by atoms with van der Waals surface area (Å²) in [6, 6.07) is 10.2. The van der Waals surface area contributed by atoms with E-state index in [1.165, 1.54) is 0 Å². The average Bonchev–Trinajstić information content (AvgIpc) is 3.58. The molecular formula is C37H34F6N2O4. The first-order valence-electron chi connectivity index (χ1n) is 16.0. The van der Waals surface area contributed by atoms with E-state index in [-0.39, 0.29) is 24.8 Å². The van der Waals surface area contributed by atoms with E-state index in [0.717, 1.165) is 39.1 Å². The van der Waals surface area contributed by atoms with Crippen LogP contribution in [0.5, 0.6) is 5.75 Å². The van der Waals surface area contributed by atoms with Gasteiger partial charge in [-0.2, -0.15) is 26.3 Å². The van der Waals surface area contributed by atoms with Crippen molar-refractivity contribution in [1.29, 1.82) is 0 Å². The number of anilines is 1. The number of ether oxygens (including phenoxy) is 1. The lowest BCUT2D eigenvalue weighted by molar-refractivity contribution is -0.143. The minimum atomic E-state index is -5.13. The topological polar surface area (TPSA) is 79.7 Å². The molecule has 0 spiro atoms. The highest BCUT2D eigenvalue weighted by molar-refractivity contribution is 6.22. The summed E-state index contributed by atoms with van der Waals surface area (Å²) in [6.45, 7) is 5.64. The zero-order chi connectivity index (χ0) is 35.4. The number of carbonyl (C=O) groups is 2. The highest BCUT2D eigenvalue weighted by atomic mass is 19.4. The molecule has 4 atom stereocenters. The van der Waals surface area contributed by atoms with Gasteiger partial charge >= 0.3 is 12.4 Å². The maximum atomic E-state index is 13.9. The van der Waals surface area contributed by atoms with Gasteiger partial charge in [0.25, 0.3) is 0 Å². The number of amides is 2. The largest absolute Gasteiger partial charge is 0.507 e. The number of pyridine rings is 1. The Labute approximate surface area is 279 Å². The lowest BCUT2D eigenvalue weighted by atomic mass is 9.69. The van der Waals surface area contributed by atoms with Crippen LogP contribution in [-0.4, -0.2) is 34.6 Å². The Kier molecular flexibility index (Phi) is 8.98. The van der Waals surface area contributed by atoms with Gasteiger partial charge < -0.3 is 9.84 Å². The van der Waals surface area contributed by atoms with Gasteiger partial charge in [0, 0.05) is 12.1 Å². The molecule has 12 heteroatoms. The van der Waals surface area contributed by atoms with Crippen LogP contribution in [0.25, 0.3) is 11.6 Å². The molecule has 3 heterocycles. The number of phenols is 1. The maximum Gasteiger partial charge on any atom is 0.416 e. The third kappa shape index (κ3) is 6.50. The second kappa shape index (κ2) is 12.8. The van der Waals surface area contributed by atoms with E-state index in [1.54, 1.807) is 6.20 Å². The highest BCUT2D eigenvalue weighted by Crippen LogP contribution is 2.52. The van der Waals surface area contributed by atoms with E-state index >= 15 is 0 Å². The number of rotatable bonds is 7. The summed E-state index contributed by atoms with van der Waals surface area (Å²) in [4.78, 5) is 32.6. The Morgan fingerprint density at radius 2 is 1.61 bits per heavy atom. The van der Waals surface area contributed by atoms with Crippen molar-refractivity contribution in [3.8, 4) is 5.75 Å². The first-order valence-corrected chi connectivity index (χ1v) is 16.0. The number of allylic oxidation sites excluding steroid dienone is 2. The lowest BCUT2D eigenvalue weighted by Crippen LogP contribution is -2.34. The third-order valence-corrected chi connectivity index (χ3v) is 9.79. The fourth-order valence-corrected chi connectivity index (χ4v) is 7.52. The number of aromatic hydroxyl groups is 1. The number of imide groups is 1. The van der Waals surface area contributed by atoms with E-state index in [2.05, 4.69) is 4.98 Å². The van der Waals surface area contributed by atoms with Gasteiger partial charge in [0.15, 0.2) is 0 Å². The molecule has 2 amide bonds. The fourth-order valence-electron chi connectivity index (χ4n) is 7.52. The Morgan fingerprint density at radius 3 is 2.18 bits per heavy atom. The Balaban J connectivity index is 1.30. The second-order valence-corrected chi connectivity index (χ2v) is 12.9. The molecule has 6 nitrogen and oxygen atoms in total. The van der Waals surface area contributed by atoms with Crippen LogP contribution < -0.4 is 4.90 Å². The Morgan fingerprint density at radius 1 is 0.959 bits per heavy atom. The van der Waals surface area contributed by atoms with Crippen molar-refractivity contribution in [2.75, 3.05) is 11.5 Å². The summed E-state index contributed by atoms with van der Waals surface area (Å²) < 4.78 is 88.1. The minimum Gasteiger partial charge on any atom is -0.507 e. The van der Waals surface area contributed by atoms with Crippen LogP contribution in [0.15, 0.2) is 65.9 Å². The number of aryl methyl sites for hydroxylation is 2. The number of carbonyl (C=O) groups excluding carboxylic acids is 2. The molecule has 49 heavy (non-hydrogen) atoms. The molecule has 6 rings (SSSR count). The van der Waals surface area contributed by atoms with E-state index in [9.17, 15) is 41.0 Å². The molecule has 258 valence electrons. The monoisotopic (exact) mass is 684 g/mol. The van der Waals surface area contributed by atoms with Gasteiger partial charge in [-0.3, -0.25) is 14.6 Å². The Hall–Kier alpha value is -4.45. The van der Waals surface area contributed by atoms with Crippen LogP contribution in [0.4, 0.5) is 32.0 Å². The molecule has 1 aliphatic carbocycles. The van der Waals surface area contributed by atoms with Crippen LogP contribution in [-0.2, 0) is 26.7 Å². The molecule has 0 unspecified atom stereocenters. The molecular weight excluding hydrogens is 650 g/mol. The third-order valence-electron chi connectivity index (χ3n) is 9.79. The van der Waals surface area contributed by atoms with Crippen molar-refractivity contribution in [3.05, 3.63) is 99.4 Å². The van der Waals surface area contributed by atoms with Gasteiger partial charge in [-0.25, -0.2) is 4.90 Å². The van der Waals surface area contributed by atoms with E-state index in [0.29, 0.717) is 36.3 Å². The SMILES string of the molecule is CCC1=C2[C@@H](CC/C(=C/c3cc(C)c(O)c(C)c3)c3ccccn3)OC[C@@H]2[C@@H]2C(=O)N(c3cc(C(F)(F)F)cc(C(F)(F)F)c3)C(=O)[C@@H]2C1. The van der Waals surface area contributed by atoms with Crippen LogP contribution in [0.3, 0.4) is 0 Å². The van der Waals surface area contributed by atoms with Crippen LogP contribution in [0.1, 0.15) is 66.1 Å². The number of alkyl halides is 6. The summed E-state index contributed by atoms with van der Waals surface area (Å²) in [5, 5.41) is 10.3. The number of hydrogen-bond donors (Lipinski definition) is 1. The van der Waals surface area contributed by atoms with Crippen molar-refractivity contribution < 1.29 is 45.8 Å². The summed E-state index contributed by atoms with van der Waals surface area (Å²) in [6.07, 6.45) is -5.28. The molecule has 3 aliphatic rings. The molecule has 2 aliphatic heterocycles. The van der Waals surface area contributed by atoms with E-state index < -0.39 is 64.8 Å². The van der Waals surface area contributed by atoms with Gasteiger partial charge in [-0.15, -0.1) is 0 Å². The molecule has 0 saturated carbocycles. The van der Waals surface area contributed by atoms with Gasteiger partial charge in [-0.1, -0.05) is 18.6 Å². The first-order chi connectivity index (χ1) is 23.1. The molecule has 2 aromatic carbocycles. The first kappa shape index (κ1) is 34.4. The molecule has 3 aromatic rings. The number of aromatic nitrogens is 1. The normalized spacial score (nSPS) is 23.0. The summed E-state index contributed by atoms with van der Waals surface area (Å²) in [5.74, 6) is -3.85. The highest BCUT2D eigenvalue weighted by Gasteiger charge is 2.57. The van der Waals surface area contributed by atoms with Gasteiger partial charge in [0.2, 0.25) is 11.8 Å². The standard InChI is InChI=1S/C37H34F6N2O4/c1-4-22-14-27-32(35(48)45(34(27)47)26-16-24(36(38,39)40)15-25(17-26)37(41,42)43)28-18-49-30(31(22)28)9-8-23(29-7-5-6-10-44-29)13-21-11-19(2)33(46)20(3)12-21/h5-7,10-13,15-17,27-28,30,32,46H,4,8-9,14,18H2,1-3H3/b23-13-/t27-,28+,30-,32-/m1/s1. The van der Waals surface area contributed by atoms with Crippen LogP contribution in [0.2, 0.25) is 0 Å². The molecule has 0 bridgehead atoms. The smallest absolute Gasteiger partial charge is 0.416 e. The average molecular weight is 685 g/mol. The van der Waals surface area contributed by atoms with E-state index in [1.807, 2.05) is 57.2 Å². The Bertz CT molecular complexity index is 1810. The number of fused-ring (bicyclic) bond motifs is 3. The number of halogens is 6. The summed E-state index contributed by atoms with van der Waals surface area (Å²) in [5.41, 5.74) is 1.85. The lowest BCUT2D eigenvalue weighted by Gasteiger charge is -2.31. The van der Waals surface area contributed by atoms with Crippen molar-refractivity contribution in [2.24, 2.45) is 17.8 Å². The van der Waals surface area contributed by atoms with Crippen molar-refractivity contribution in [3.63, 3.8) is 0 Å². The zero-order valence-corrected chi connectivity index (χ0v) is 27.0. The van der Waals surface area contributed by atoms with Gasteiger partial charge in [0.1, 0.15) is 5.75 Å². The second-order valence-electron chi connectivity index (χ2n) is 12.9. The minimum absolute atomic E-state index is 0.0243. The van der Waals surface area contributed by atoms with Crippen LogP contribution >= 0.6 is 0 Å². The molecule has 0 radical (unpaired) electrons. The van der Waals surface area contributed by atoms with Crippen molar-refractivity contribution in [2.45, 2.75) is 64.9 Å². The van der Waals surface area contributed by atoms with Gasteiger partial charge in [0.05, 0.1) is 47.1 Å². The molecule has 2 fully saturated rings. The van der Waals surface area contributed by atoms with Crippen molar-refractivity contribution in [1.82, 2.24) is 4.98 Å². The number of nitrogens with zero attached hydrogens (tertiary/aromatic N) is 2. The van der Waals surface area contributed by atoms with E-state index in [4.69, 9.17) is 4.74 Å². The molecule has 1 aromatic heterocycles. The van der Waals surface area contributed by atoms with Crippen LogP contribution in [0, 0.1) is 31.6 Å². The fraction of sp³-hybridized carbons (Fsp3) is 0.378. The van der Waals surface area contributed by atoms with Crippen molar-refractivity contribution >= 4 is 29.2 Å². The number of benzene rings is 2. The number of hydrogen-bond acceptors (Lipinski definition) is 5. The number of phenolic OH excluding ortho intramolecular Hbond substituents is 1. The quantitative estimate of drug-likeness (QED) is 0.153. The molecule has 2 saturated heterocycles.